The molecule has 2 nitrogen and oxygen atoms in total. The van der Waals surface area contributed by atoms with Crippen molar-refractivity contribution >= 4 is 0 Å². The molecule has 0 amide bonds. The SMILES string of the molecule is COc1ccc(C)cc1C(O)c1ccccc1C1CCC1. The fourth-order valence-corrected chi connectivity index (χ4v) is 3.09. The molecule has 3 rings (SSSR count). The van der Waals surface area contributed by atoms with Crippen molar-refractivity contribution in [3.8, 4) is 5.75 Å². The molecule has 21 heavy (non-hydrogen) atoms. The standard InChI is InChI=1S/C19H22O2/c1-13-10-11-18(21-2)17(12-13)19(20)16-9-4-3-8-15(16)14-6-5-7-14/h3-4,8-12,14,19-20H,5-7H2,1-2H3. The molecule has 1 aliphatic carbocycles. The quantitative estimate of drug-likeness (QED) is 0.903. The number of methoxy groups -OCH3 is 1. The van der Waals surface area contributed by atoms with Crippen LogP contribution in [0.25, 0.3) is 0 Å². The Kier molecular flexibility index (Phi) is 3.98. The number of ether oxygens (including phenoxy) is 1. The van der Waals surface area contributed by atoms with E-state index in [-0.39, 0.29) is 0 Å². The van der Waals surface area contributed by atoms with Gasteiger partial charge >= 0.3 is 0 Å². The average Bonchev–Trinajstić information content (AvgIpc) is 2.45. The zero-order chi connectivity index (χ0) is 14.8. The van der Waals surface area contributed by atoms with Crippen LogP contribution < -0.4 is 4.74 Å². The molecule has 0 spiro atoms. The van der Waals surface area contributed by atoms with E-state index in [2.05, 4.69) is 12.1 Å². The second-order valence-corrected chi connectivity index (χ2v) is 5.90. The largest absolute Gasteiger partial charge is 0.496 e. The van der Waals surface area contributed by atoms with Crippen LogP contribution in [-0.4, -0.2) is 12.2 Å². The van der Waals surface area contributed by atoms with E-state index in [4.69, 9.17) is 4.74 Å². The van der Waals surface area contributed by atoms with E-state index < -0.39 is 6.10 Å². The van der Waals surface area contributed by atoms with Crippen molar-refractivity contribution < 1.29 is 9.84 Å². The van der Waals surface area contributed by atoms with Gasteiger partial charge in [0.2, 0.25) is 0 Å². The Labute approximate surface area is 126 Å². The maximum Gasteiger partial charge on any atom is 0.125 e. The number of rotatable bonds is 4. The molecule has 110 valence electrons. The first-order valence-corrected chi connectivity index (χ1v) is 7.62. The van der Waals surface area contributed by atoms with E-state index in [9.17, 15) is 5.11 Å². The smallest absolute Gasteiger partial charge is 0.125 e. The van der Waals surface area contributed by atoms with Gasteiger partial charge in [-0.3, -0.25) is 0 Å². The maximum absolute atomic E-state index is 10.9. The van der Waals surface area contributed by atoms with Crippen molar-refractivity contribution in [1.29, 1.82) is 0 Å². The predicted molar refractivity (Wildman–Crippen MR) is 84.8 cm³/mol. The lowest BCUT2D eigenvalue weighted by molar-refractivity contribution is 0.211. The Bertz CT molecular complexity index is 629. The minimum absolute atomic E-state index is 0.603. The molecule has 0 aromatic heterocycles. The fourth-order valence-electron chi connectivity index (χ4n) is 3.09. The molecule has 2 aromatic carbocycles. The van der Waals surface area contributed by atoms with Crippen molar-refractivity contribution in [3.63, 3.8) is 0 Å². The highest BCUT2D eigenvalue weighted by molar-refractivity contribution is 5.45. The Balaban J connectivity index is 2.02. The van der Waals surface area contributed by atoms with Gasteiger partial charge in [-0.05, 0) is 48.9 Å². The molecule has 1 saturated carbocycles. The molecule has 1 N–H and O–H groups in total. The summed E-state index contributed by atoms with van der Waals surface area (Å²) in [6.07, 6.45) is 3.13. The molecule has 1 fully saturated rings. The Hall–Kier alpha value is -1.80. The summed E-state index contributed by atoms with van der Waals surface area (Å²) in [4.78, 5) is 0. The number of benzene rings is 2. The summed E-state index contributed by atoms with van der Waals surface area (Å²) in [7, 11) is 1.65. The molecule has 2 aromatic rings. The van der Waals surface area contributed by atoms with Gasteiger partial charge in [0.05, 0.1) is 7.11 Å². The van der Waals surface area contributed by atoms with Gasteiger partial charge in [-0.15, -0.1) is 0 Å². The third-order valence-corrected chi connectivity index (χ3v) is 4.52. The highest BCUT2D eigenvalue weighted by atomic mass is 16.5. The Morgan fingerprint density at radius 1 is 1.10 bits per heavy atom. The monoisotopic (exact) mass is 282 g/mol. The van der Waals surface area contributed by atoms with Crippen LogP contribution >= 0.6 is 0 Å². The van der Waals surface area contributed by atoms with Crippen molar-refractivity contribution in [2.45, 2.75) is 38.2 Å². The minimum Gasteiger partial charge on any atom is -0.496 e. The van der Waals surface area contributed by atoms with Crippen LogP contribution in [0.2, 0.25) is 0 Å². The summed E-state index contributed by atoms with van der Waals surface area (Å²) < 4.78 is 5.42. The van der Waals surface area contributed by atoms with Crippen molar-refractivity contribution in [3.05, 3.63) is 64.7 Å². The molecular formula is C19H22O2. The van der Waals surface area contributed by atoms with Gasteiger partial charge in [-0.1, -0.05) is 42.3 Å². The van der Waals surface area contributed by atoms with Gasteiger partial charge in [0, 0.05) is 5.56 Å². The summed E-state index contributed by atoms with van der Waals surface area (Å²) in [6, 6.07) is 14.2. The van der Waals surface area contributed by atoms with Gasteiger partial charge in [0.15, 0.2) is 0 Å². The molecule has 0 aliphatic heterocycles. The zero-order valence-corrected chi connectivity index (χ0v) is 12.7. The molecule has 0 bridgehead atoms. The lowest BCUT2D eigenvalue weighted by Gasteiger charge is -2.29. The van der Waals surface area contributed by atoms with Crippen LogP contribution in [-0.2, 0) is 0 Å². The number of hydrogen-bond acceptors (Lipinski definition) is 2. The van der Waals surface area contributed by atoms with E-state index in [0.717, 1.165) is 22.4 Å². The van der Waals surface area contributed by atoms with Gasteiger partial charge < -0.3 is 9.84 Å². The zero-order valence-electron chi connectivity index (χ0n) is 12.7. The topological polar surface area (TPSA) is 29.5 Å². The van der Waals surface area contributed by atoms with E-state index >= 15 is 0 Å². The molecule has 0 saturated heterocycles. The lowest BCUT2D eigenvalue weighted by atomic mass is 9.77. The first-order valence-electron chi connectivity index (χ1n) is 7.62. The number of aryl methyl sites for hydroxylation is 1. The number of aliphatic hydroxyl groups excluding tert-OH is 1. The highest BCUT2D eigenvalue weighted by Gasteiger charge is 2.26. The van der Waals surface area contributed by atoms with E-state index in [1.54, 1.807) is 7.11 Å². The van der Waals surface area contributed by atoms with Gasteiger partial charge in [-0.25, -0.2) is 0 Å². The van der Waals surface area contributed by atoms with Crippen LogP contribution in [0, 0.1) is 6.92 Å². The molecule has 1 unspecified atom stereocenters. The van der Waals surface area contributed by atoms with Crippen LogP contribution in [0.3, 0.4) is 0 Å². The fraction of sp³-hybridized carbons (Fsp3) is 0.368. The second kappa shape index (κ2) is 5.90. The molecule has 0 radical (unpaired) electrons. The summed E-state index contributed by atoms with van der Waals surface area (Å²) in [5.74, 6) is 1.35. The Morgan fingerprint density at radius 3 is 2.52 bits per heavy atom. The molecule has 1 atom stereocenters. The van der Waals surface area contributed by atoms with Crippen LogP contribution in [0.1, 0.15) is 53.5 Å². The lowest BCUT2D eigenvalue weighted by Crippen LogP contribution is -2.14. The Morgan fingerprint density at radius 2 is 1.86 bits per heavy atom. The van der Waals surface area contributed by atoms with Crippen LogP contribution in [0.4, 0.5) is 0 Å². The minimum atomic E-state index is -0.628. The van der Waals surface area contributed by atoms with Crippen molar-refractivity contribution in [2.24, 2.45) is 0 Å². The van der Waals surface area contributed by atoms with Crippen LogP contribution in [0.5, 0.6) is 5.75 Å². The van der Waals surface area contributed by atoms with E-state index in [0.29, 0.717) is 5.92 Å². The third kappa shape index (κ3) is 2.68. The molecule has 2 heteroatoms. The first kappa shape index (κ1) is 14.2. The van der Waals surface area contributed by atoms with Crippen LogP contribution in [0.15, 0.2) is 42.5 Å². The number of aliphatic hydroxyl groups is 1. The number of hydrogen-bond donors (Lipinski definition) is 1. The summed E-state index contributed by atoms with van der Waals surface area (Å²) in [5.41, 5.74) is 4.29. The predicted octanol–water partition coefficient (Wildman–Crippen LogP) is 4.35. The molecule has 1 aliphatic rings. The van der Waals surface area contributed by atoms with Gasteiger partial charge in [0.1, 0.15) is 11.9 Å². The maximum atomic E-state index is 10.9. The van der Waals surface area contributed by atoms with Gasteiger partial charge in [0.25, 0.3) is 0 Å². The van der Waals surface area contributed by atoms with Crippen molar-refractivity contribution in [2.75, 3.05) is 7.11 Å². The molecular weight excluding hydrogens is 260 g/mol. The second-order valence-electron chi connectivity index (χ2n) is 5.90. The summed E-state index contributed by atoms with van der Waals surface area (Å²) >= 11 is 0. The average molecular weight is 282 g/mol. The summed E-state index contributed by atoms with van der Waals surface area (Å²) in [6.45, 7) is 2.04. The van der Waals surface area contributed by atoms with E-state index in [1.165, 1.54) is 24.8 Å². The first-order chi connectivity index (χ1) is 10.2. The van der Waals surface area contributed by atoms with Crippen molar-refractivity contribution in [1.82, 2.24) is 0 Å². The van der Waals surface area contributed by atoms with Gasteiger partial charge in [-0.2, -0.15) is 0 Å². The summed E-state index contributed by atoms with van der Waals surface area (Å²) in [5, 5.41) is 10.9. The normalized spacial score (nSPS) is 16.3. The third-order valence-electron chi connectivity index (χ3n) is 4.52. The highest BCUT2D eigenvalue weighted by Crippen LogP contribution is 2.41. The van der Waals surface area contributed by atoms with E-state index in [1.807, 2.05) is 37.3 Å². The molecule has 0 heterocycles.